The van der Waals surface area contributed by atoms with Crippen LogP contribution in [0.3, 0.4) is 0 Å². The van der Waals surface area contributed by atoms with Gasteiger partial charge in [0, 0.05) is 19.3 Å². The number of anilines is 1. The second-order valence-corrected chi connectivity index (χ2v) is 4.98. The van der Waals surface area contributed by atoms with E-state index in [4.69, 9.17) is 9.47 Å². The van der Waals surface area contributed by atoms with Gasteiger partial charge in [0.2, 0.25) is 5.82 Å². The van der Waals surface area contributed by atoms with Crippen LogP contribution in [-0.2, 0) is 0 Å². The van der Waals surface area contributed by atoms with Gasteiger partial charge in [-0.25, -0.2) is 4.98 Å². The van der Waals surface area contributed by atoms with Gasteiger partial charge in [-0.2, -0.15) is 0 Å². The predicted molar refractivity (Wildman–Crippen MR) is 80.5 cm³/mol. The predicted octanol–water partition coefficient (Wildman–Crippen LogP) is 2.27. The molecule has 0 bridgehead atoms. The van der Waals surface area contributed by atoms with E-state index in [1.54, 1.807) is 18.0 Å². The summed E-state index contributed by atoms with van der Waals surface area (Å²) in [5.41, 5.74) is -0.0258. The highest BCUT2D eigenvalue weighted by atomic mass is 16.6. The lowest BCUT2D eigenvalue weighted by Gasteiger charge is -2.29. The molecule has 22 heavy (non-hydrogen) atoms. The number of likely N-dealkylation sites (N-methyl/N-ethyl adjacent to an activating group) is 1. The Labute approximate surface area is 127 Å². The first-order valence-electron chi connectivity index (χ1n) is 6.84. The zero-order chi connectivity index (χ0) is 15.5. The molecule has 3 rings (SSSR count). The molecule has 0 radical (unpaired) electrons. The summed E-state index contributed by atoms with van der Waals surface area (Å²) in [5.74, 6) is 1.71. The number of fused-ring (bicyclic) bond motifs is 1. The van der Waals surface area contributed by atoms with E-state index in [0.717, 1.165) is 0 Å². The molecule has 1 aromatic heterocycles. The molecule has 1 atom stereocenters. The van der Waals surface area contributed by atoms with E-state index in [0.29, 0.717) is 30.5 Å². The molecular formula is C15H15N3O4. The number of aromatic nitrogens is 1. The molecule has 0 saturated carbocycles. The Morgan fingerprint density at radius 1 is 1.32 bits per heavy atom. The number of benzene rings is 1. The first kappa shape index (κ1) is 14.1. The highest BCUT2D eigenvalue weighted by Gasteiger charge is 2.25. The van der Waals surface area contributed by atoms with Gasteiger partial charge in [-0.05, 0) is 18.2 Å². The Hall–Kier alpha value is -2.83. The van der Waals surface area contributed by atoms with Gasteiger partial charge in [0.05, 0.1) is 11.5 Å². The molecule has 0 saturated heterocycles. The highest BCUT2D eigenvalue weighted by molar-refractivity contribution is 5.56. The molecule has 1 aliphatic heterocycles. The van der Waals surface area contributed by atoms with Gasteiger partial charge in [-0.15, -0.1) is 0 Å². The SMILES string of the molecule is CN(C[C@H]1COc2ccccc2O1)c1ncccc1[N+](=O)[O-]. The van der Waals surface area contributed by atoms with Gasteiger partial charge >= 0.3 is 5.69 Å². The van der Waals surface area contributed by atoms with E-state index in [1.807, 2.05) is 24.3 Å². The van der Waals surface area contributed by atoms with Crippen molar-refractivity contribution in [3.05, 3.63) is 52.7 Å². The molecule has 2 heterocycles. The monoisotopic (exact) mass is 301 g/mol. The third-order valence-electron chi connectivity index (χ3n) is 3.37. The van der Waals surface area contributed by atoms with E-state index in [-0.39, 0.29) is 11.8 Å². The van der Waals surface area contributed by atoms with Crippen LogP contribution in [0, 0.1) is 10.1 Å². The Morgan fingerprint density at radius 3 is 2.86 bits per heavy atom. The van der Waals surface area contributed by atoms with Gasteiger partial charge in [-0.1, -0.05) is 12.1 Å². The second kappa shape index (κ2) is 5.88. The normalized spacial score (nSPS) is 16.1. The molecule has 2 aromatic rings. The molecular weight excluding hydrogens is 286 g/mol. The van der Waals surface area contributed by atoms with Gasteiger partial charge < -0.3 is 14.4 Å². The number of hydrogen-bond acceptors (Lipinski definition) is 6. The lowest BCUT2D eigenvalue weighted by atomic mass is 10.2. The van der Waals surface area contributed by atoms with E-state index >= 15 is 0 Å². The quantitative estimate of drug-likeness (QED) is 0.637. The van der Waals surface area contributed by atoms with Crippen LogP contribution in [0.25, 0.3) is 0 Å². The van der Waals surface area contributed by atoms with Crippen LogP contribution in [0.4, 0.5) is 11.5 Å². The Kier molecular flexibility index (Phi) is 3.78. The van der Waals surface area contributed by atoms with Crippen molar-refractivity contribution in [2.45, 2.75) is 6.10 Å². The standard InChI is InChI=1S/C15H15N3O4/c1-17(15-12(18(19)20)5-4-8-16-15)9-11-10-21-13-6-2-3-7-14(13)22-11/h2-8,11H,9-10H2,1H3/t11-/m0/s1. The molecule has 114 valence electrons. The fraction of sp³-hybridized carbons (Fsp3) is 0.267. The molecule has 0 fully saturated rings. The first-order valence-corrected chi connectivity index (χ1v) is 6.84. The number of nitrogens with zero attached hydrogens (tertiary/aromatic N) is 3. The summed E-state index contributed by atoms with van der Waals surface area (Å²) >= 11 is 0. The number of nitro groups is 1. The minimum absolute atomic E-state index is 0.0258. The van der Waals surface area contributed by atoms with Crippen LogP contribution in [0.5, 0.6) is 11.5 Å². The fourth-order valence-electron chi connectivity index (χ4n) is 2.37. The molecule has 0 unspecified atom stereocenters. The second-order valence-electron chi connectivity index (χ2n) is 4.98. The highest BCUT2D eigenvalue weighted by Crippen LogP contribution is 2.31. The van der Waals surface area contributed by atoms with Crippen molar-refractivity contribution in [3.8, 4) is 11.5 Å². The first-order chi connectivity index (χ1) is 10.6. The van der Waals surface area contributed by atoms with Crippen molar-refractivity contribution >= 4 is 11.5 Å². The van der Waals surface area contributed by atoms with Crippen LogP contribution < -0.4 is 14.4 Å². The average Bonchev–Trinajstić information content (AvgIpc) is 2.54. The smallest absolute Gasteiger partial charge is 0.311 e. The lowest BCUT2D eigenvalue weighted by Crippen LogP contribution is -2.39. The summed E-state index contributed by atoms with van der Waals surface area (Å²) in [4.78, 5) is 16.4. The van der Waals surface area contributed by atoms with Crippen molar-refractivity contribution in [2.24, 2.45) is 0 Å². The summed E-state index contributed by atoms with van der Waals surface area (Å²) in [6.45, 7) is 0.828. The summed E-state index contributed by atoms with van der Waals surface area (Å²) in [6.07, 6.45) is 1.31. The summed E-state index contributed by atoms with van der Waals surface area (Å²) in [5, 5.41) is 11.1. The zero-order valence-electron chi connectivity index (χ0n) is 12.0. The lowest BCUT2D eigenvalue weighted by molar-refractivity contribution is -0.384. The molecule has 0 amide bonds. The minimum atomic E-state index is -0.438. The maximum atomic E-state index is 11.1. The fourth-order valence-corrected chi connectivity index (χ4v) is 2.37. The number of hydrogen-bond donors (Lipinski definition) is 0. The topological polar surface area (TPSA) is 77.7 Å². The van der Waals surface area contributed by atoms with Crippen LogP contribution >= 0.6 is 0 Å². The summed E-state index contributed by atoms with van der Waals surface area (Å²) < 4.78 is 11.5. The Morgan fingerprint density at radius 2 is 2.09 bits per heavy atom. The number of pyridine rings is 1. The molecule has 0 spiro atoms. The van der Waals surface area contributed by atoms with E-state index in [2.05, 4.69) is 4.98 Å². The third-order valence-corrected chi connectivity index (χ3v) is 3.37. The molecule has 0 N–H and O–H groups in total. The van der Waals surface area contributed by atoms with Crippen LogP contribution in [0.2, 0.25) is 0 Å². The van der Waals surface area contributed by atoms with Crippen LogP contribution in [0.15, 0.2) is 42.6 Å². The molecule has 7 heteroatoms. The Bertz CT molecular complexity index is 692. The maximum Gasteiger partial charge on any atom is 0.311 e. The van der Waals surface area contributed by atoms with Crippen molar-refractivity contribution < 1.29 is 14.4 Å². The molecule has 1 aliphatic rings. The minimum Gasteiger partial charge on any atom is -0.486 e. The average molecular weight is 301 g/mol. The summed E-state index contributed by atoms with van der Waals surface area (Å²) in [6, 6.07) is 10.4. The molecule has 7 nitrogen and oxygen atoms in total. The number of ether oxygens (including phenoxy) is 2. The van der Waals surface area contributed by atoms with Crippen LogP contribution in [-0.4, -0.2) is 36.2 Å². The largest absolute Gasteiger partial charge is 0.486 e. The number of rotatable bonds is 4. The summed E-state index contributed by atoms with van der Waals surface area (Å²) in [7, 11) is 1.75. The van der Waals surface area contributed by atoms with Gasteiger partial charge in [0.25, 0.3) is 0 Å². The maximum absolute atomic E-state index is 11.1. The van der Waals surface area contributed by atoms with Gasteiger partial charge in [0.15, 0.2) is 17.6 Å². The van der Waals surface area contributed by atoms with E-state index in [1.165, 1.54) is 12.3 Å². The molecule has 1 aromatic carbocycles. The van der Waals surface area contributed by atoms with E-state index < -0.39 is 4.92 Å². The van der Waals surface area contributed by atoms with Gasteiger partial charge in [-0.3, -0.25) is 10.1 Å². The number of para-hydroxylation sites is 2. The van der Waals surface area contributed by atoms with Gasteiger partial charge in [0.1, 0.15) is 6.61 Å². The third kappa shape index (κ3) is 2.78. The van der Waals surface area contributed by atoms with Crippen molar-refractivity contribution in [1.29, 1.82) is 0 Å². The molecule has 0 aliphatic carbocycles. The van der Waals surface area contributed by atoms with Crippen molar-refractivity contribution in [2.75, 3.05) is 25.1 Å². The van der Waals surface area contributed by atoms with Crippen molar-refractivity contribution in [1.82, 2.24) is 4.98 Å². The Balaban J connectivity index is 1.73. The van der Waals surface area contributed by atoms with E-state index in [9.17, 15) is 10.1 Å². The van der Waals surface area contributed by atoms with Crippen LogP contribution in [0.1, 0.15) is 0 Å². The van der Waals surface area contributed by atoms with Crippen molar-refractivity contribution in [3.63, 3.8) is 0 Å². The zero-order valence-corrected chi connectivity index (χ0v) is 12.0.